The lowest BCUT2D eigenvalue weighted by molar-refractivity contribution is -0.117. The third-order valence-corrected chi connectivity index (χ3v) is 3.71. The number of azo groups is 1. The van der Waals surface area contributed by atoms with E-state index in [-0.39, 0.29) is 12.3 Å². The van der Waals surface area contributed by atoms with Gasteiger partial charge in [0.1, 0.15) is 11.4 Å². The van der Waals surface area contributed by atoms with Gasteiger partial charge < -0.3 is 10.5 Å². The van der Waals surface area contributed by atoms with E-state index in [1.807, 2.05) is 48.5 Å². The highest BCUT2D eigenvalue weighted by Crippen LogP contribution is 2.29. The van der Waals surface area contributed by atoms with Crippen molar-refractivity contribution in [2.45, 2.75) is 39.0 Å². The third kappa shape index (κ3) is 6.75. The molecular formula is C20H25N3O2. The van der Waals surface area contributed by atoms with Crippen LogP contribution in [0, 0.1) is 0 Å². The molecule has 0 aliphatic rings. The fourth-order valence-electron chi connectivity index (χ4n) is 2.37. The lowest BCUT2D eigenvalue weighted by Crippen LogP contribution is -2.13. The van der Waals surface area contributed by atoms with Crippen molar-refractivity contribution < 1.29 is 9.53 Å². The van der Waals surface area contributed by atoms with Crippen molar-refractivity contribution in [3.63, 3.8) is 0 Å². The molecule has 0 fully saturated rings. The van der Waals surface area contributed by atoms with Crippen LogP contribution in [0.25, 0.3) is 0 Å². The minimum atomic E-state index is -0.348. The first-order chi connectivity index (χ1) is 12.2. The van der Waals surface area contributed by atoms with Crippen LogP contribution in [-0.2, 0) is 11.2 Å². The van der Waals surface area contributed by atoms with E-state index >= 15 is 0 Å². The van der Waals surface area contributed by atoms with E-state index in [2.05, 4.69) is 17.2 Å². The Hall–Kier alpha value is -2.69. The van der Waals surface area contributed by atoms with Crippen molar-refractivity contribution >= 4 is 17.3 Å². The van der Waals surface area contributed by atoms with E-state index in [4.69, 9.17) is 10.5 Å². The van der Waals surface area contributed by atoms with Gasteiger partial charge in [0, 0.05) is 0 Å². The fourth-order valence-corrected chi connectivity index (χ4v) is 2.37. The van der Waals surface area contributed by atoms with Gasteiger partial charge in [0.05, 0.1) is 18.7 Å². The van der Waals surface area contributed by atoms with Crippen LogP contribution in [0.5, 0.6) is 5.75 Å². The molecule has 0 aliphatic carbocycles. The molecule has 2 aromatic rings. The number of primary amides is 1. The van der Waals surface area contributed by atoms with Gasteiger partial charge in [-0.1, -0.05) is 50.5 Å². The normalized spacial score (nSPS) is 10.9. The highest BCUT2D eigenvalue weighted by Gasteiger charge is 2.02. The van der Waals surface area contributed by atoms with Crippen LogP contribution in [0.2, 0.25) is 0 Å². The molecule has 5 nitrogen and oxygen atoms in total. The molecule has 0 bridgehead atoms. The molecule has 5 heteroatoms. The van der Waals surface area contributed by atoms with Gasteiger partial charge in [0.15, 0.2) is 0 Å². The summed E-state index contributed by atoms with van der Waals surface area (Å²) in [7, 11) is 0. The molecule has 0 radical (unpaired) electrons. The van der Waals surface area contributed by atoms with E-state index in [0.717, 1.165) is 17.7 Å². The molecule has 0 saturated heterocycles. The quantitative estimate of drug-likeness (QED) is 0.483. The number of benzene rings is 2. The first-order valence-corrected chi connectivity index (χ1v) is 8.70. The molecule has 2 N–H and O–H groups in total. The van der Waals surface area contributed by atoms with Crippen LogP contribution in [0.3, 0.4) is 0 Å². The number of carbonyl (C=O) groups excluding carboxylic acids is 1. The first-order valence-electron chi connectivity index (χ1n) is 8.70. The Labute approximate surface area is 148 Å². The van der Waals surface area contributed by atoms with E-state index in [9.17, 15) is 4.79 Å². The second kappa shape index (κ2) is 10.2. The Kier molecular flexibility index (Phi) is 7.63. The van der Waals surface area contributed by atoms with Crippen molar-refractivity contribution in [1.82, 2.24) is 0 Å². The number of rotatable bonds is 10. The highest BCUT2D eigenvalue weighted by molar-refractivity contribution is 5.76. The van der Waals surface area contributed by atoms with Gasteiger partial charge in [-0.15, -0.1) is 5.11 Å². The molecular weight excluding hydrogens is 314 g/mol. The smallest absolute Gasteiger partial charge is 0.221 e. The first kappa shape index (κ1) is 18.6. The Morgan fingerprint density at radius 2 is 1.76 bits per heavy atom. The number of unbranched alkanes of at least 4 members (excludes halogenated alkanes) is 3. The zero-order valence-corrected chi connectivity index (χ0v) is 14.6. The lowest BCUT2D eigenvalue weighted by Gasteiger charge is -2.07. The summed E-state index contributed by atoms with van der Waals surface area (Å²) < 4.78 is 5.83. The molecule has 0 aromatic heterocycles. The minimum absolute atomic E-state index is 0.228. The second-order valence-electron chi connectivity index (χ2n) is 5.89. The van der Waals surface area contributed by atoms with Gasteiger partial charge in [0.2, 0.25) is 5.91 Å². The number of hydrogen-bond acceptors (Lipinski definition) is 4. The summed E-state index contributed by atoms with van der Waals surface area (Å²) in [6.45, 7) is 2.88. The van der Waals surface area contributed by atoms with Gasteiger partial charge >= 0.3 is 0 Å². The van der Waals surface area contributed by atoms with Gasteiger partial charge in [0.25, 0.3) is 0 Å². The topological polar surface area (TPSA) is 77.0 Å². The Bertz CT molecular complexity index is 696. The highest BCUT2D eigenvalue weighted by atomic mass is 16.5. The number of para-hydroxylation sites is 1. The summed E-state index contributed by atoms with van der Waals surface area (Å²) in [6, 6.07) is 14.9. The summed E-state index contributed by atoms with van der Waals surface area (Å²) in [5, 5.41) is 8.53. The molecule has 2 rings (SSSR count). The van der Waals surface area contributed by atoms with E-state index < -0.39 is 0 Å². The Morgan fingerprint density at radius 3 is 2.48 bits per heavy atom. The second-order valence-corrected chi connectivity index (χ2v) is 5.89. The molecule has 0 saturated carbocycles. The van der Waals surface area contributed by atoms with Crippen molar-refractivity contribution in [1.29, 1.82) is 0 Å². The predicted octanol–water partition coefficient (Wildman–Crippen LogP) is 5.09. The van der Waals surface area contributed by atoms with Gasteiger partial charge in [-0.2, -0.15) is 5.11 Å². The number of hydrogen-bond donors (Lipinski definition) is 1. The van der Waals surface area contributed by atoms with Crippen molar-refractivity contribution in [2.24, 2.45) is 16.0 Å². The molecule has 0 spiro atoms. The average molecular weight is 339 g/mol. The monoisotopic (exact) mass is 339 g/mol. The maximum atomic E-state index is 10.9. The molecule has 25 heavy (non-hydrogen) atoms. The van der Waals surface area contributed by atoms with E-state index in [1.54, 1.807) is 0 Å². The largest absolute Gasteiger partial charge is 0.491 e. The molecule has 0 atom stereocenters. The van der Waals surface area contributed by atoms with Crippen LogP contribution in [-0.4, -0.2) is 12.5 Å². The lowest BCUT2D eigenvalue weighted by atomic mass is 10.1. The number of amides is 1. The van der Waals surface area contributed by atoms with Crippen LogP contribution < -0.4 is 10.5 Å². The minimum Gasteiger partial charge on any atom is -0.491 e. The average Bonchev–Trinajstić information content (AvgIpc) is 2.61. The zero-order valence-electron chi connectivity index (χ0n) is 14.6. The van der Waals surface area contributed by atoms with Crippen LogP contribution in [0.4, 0.5) is 11.4 Å². The van der Waals surface area contributed by atoms with Gasteiger partial charge in [-0.25, -0.2) is 0 Å². The van der Waals surface area contributed by atoms with Crippen molar-refractivity contribution in [3.8, 4) is 5.75 Å². The standard InChI is InChI=1S/C20H25N3O2/c1-2-3-4-7-14-25-19-9-6-5-8-18(19)23-22-17-12-10-16(11-13-17)15-20(21)24/h5-6,8-13H,2-4,7,14-15H2,1H3,(H2,21,24). The molecule has 0 unspecified atom stereocenters. The molecule has 1 amide bonds. The fraction of sp³-hybridized carbons (Fsp3) is 0.350. The summed E-state index contributed by atoms with van der Waals surface area (Å²) in [4.78, 5) is 10.9. The molecule has 132 valence electrons. The molecule has 2 aromatic carbocycles. The molecule has 0 aliphatic heterocycles. The van der Waals surface area contributed by atoms with Crippen LogP contribution >= 0.6 is 0 Å². The summed E-state index contributed by atoms with van der Waals surface area (Å²) in [5.74, 6) is 0.396. The summed E-state index contributed by atoms with van der Waals surface area (Å²) >= 11 is 0. The van der Waals surface area contributed by atoms with Crippen LogP contribution in [0.1, 0.15) is 38.2 Å². The number of nitrogens with two attached hydrogens (primary N) is 1. The number of carbonyl (C=O) groups is 1. The Morgan fingerprint density at radius 1 is 1.00 bits per heavy atom. The number of nitrogens with zero attached hydrogens (tertiary/aromatic N) is 2. The van der Waals surface area contributed by atoms with E-state index in [0.29, 0.717) is 18.0 Å². The molecule has 0 heterocycles. The maximum Gasteiger partial charge on any atom is 0.221 e. The number of ether oxygens (including phenoxy) is 1. The third-order valence-electron chi connectivity index (χ3n) is 3.71. The Balaban J connectivity index is 1.97. The van der Waals surface area contributed by atoms with Gasteiger partial charge in [-0.3, -0.25) is 4.79 Å². The SMILES string of the molecule is CCCCCCOc1ccccc1N=Nc1ccc(CC(N)=O)cc1. The van der Waals surface area contributed by atoms with Crippen LogP contribution in [0.15, 0.2) is 58.8 Å². The predicted molar refractivity (Wildman–Crippen MR) is 99.6 cm³/mol. The summed E-state index contributed by atoms with van der Waals surface area (Å²) in [6.07, 6.45) is 4.89. The van der Waals surface area contributed by atoms with E-state index in [1.165, 1.54) is 19.3 Å². The van der Waals surface area contributed by atoms with Gasteiger partial charge in [-0.05, 0) is 36.2 Å². The summed E-state index contributed by atoms with van der Waals surface area (Å²) in [5.41, 5.74) is 7.47. The van der Waals surface area contributed by atoms with Crippen molar-refractivity contribution in [3.05, 3.63) is 54.1 Å². The maximum absolute atomic E-state index is 10.9. The van der Waals surface area contributed by atoms with Crippen molar-refractivity contribution in [2.75, 3.05) is 6.61 Å². The zero-order chi connectivity index (χ0) is 17.9.